The molecule has 86 valence electrons. The number of likely N-dealkylation sites (tertiary alicyclic amines) is 1. The molecule has 1 atom stereocenters. The molecule has 0 radical (unpaired) electrons. The normalized spacial score (nSPS) is 25.9. The van der Waals surface area contributed by atoms with E-state index in [1.54, 1.807) is 0 Å². The van der Waals surface area contributed by atoms with E-state index in [1.165, 1.54) is 19.2 Å². The van der Waals surface area contributed by atoms with Gasteiger partial charge in [-0.25, -0.2) is 4.98 Å². The first kappa shape index (κ1) is 9.77. The fraction of sp³-hybridized carbons (Fsp3) is 0.700. The predicted octanol–water partition coefficient (Wildman–Crippen LogP) is -0.229. The highest BCUT2D eigenvalue weighted by Crippen LogP contribution is 2.29. The van der Waals surface area contributed by atoms with Gasteiger partial charge in [0.2, 0.25) is 5.82 Å². The Morgan fingerprint density at radius 1 is 1.50 bits per heavy atom. The third-order valence-corrected chi connectivity index (χ3v) is 3.25. The zero-order chi connectivity index (χ0) is 11.0. The second-order valence-electron chi connectivity index (χ2n) is 4.52. The van der Waals surface area contributed by atoms with Gasteiger partial charge < -0.3 is 5.32 Å². The number of amides is 1. The summed E-state index contributed by atoms with van der Waals surface area (Å²) in [6, 6.07) is 1.05. The summed E-state index contributed by atoms with van der Waals surface area (Å²) in [7, 11) is 0. The summed E-state index contributed by atoms with van der Waals surface area (Å²) in [4.78, 5) is 18.0. The number of aromatic nitrogens is 3. The van der Waals surface area contributed by atoms with Crippen molar-refractivity contribution in [2.24, 2.45) is 0 Å². The van der Waals surface area contributed by atoms with Gasteiger partial charge in [0.05, 0.1) is 0 Å². The van der Waals surface area contributed by atoms with Crippen LogP contribution in [-0.2, 0) is 0 Å². The lowest BCUT2D eigenvalue weighted by atomic mass is 10.2. The van der Waals surface area contributed by atoms with Crippen LogP contribution in [0.1, 0.15) is 29.9 Å². The van der Waals surface area contributed by atoms with Crippen LogP contribution in [0.4, 0.5) is 0 Å². The number of nitrogens with one attached hydrogen (secondary N) is 2. The molecule has 2 fully saturated rings. The van der Waals surface area contributed by atoms with Crippen LogP contribution in [0.5, 0.6) is 0 Å². The lowest BCUT2D eigenvalue weighted by Gasteiger charge is -2.15. The number of H-pyrrole nitrogens is 1. The van der Waals surface area contributed by atoms with Gasteiger partial charge in [0.25, 0.3) is 5.91 Å². The Hall–Kier alpha value is -1.43. The zero-order valence-electron chi connectivity index (χ0n) is 9.02. The fourth-order valence-electron chi connectivity index (χ4n) is 2.25. The minimum atomic E-state index is -0.153. The molecule has 6 heteroatoms. The van der Waals surface area contributed by atoms with Crippen LogP contribution >= 0.6 is 0 Å². The molecule has 1 saturated heterocycles. The highest BCUT2D eigenvalue weighted by atomic mass is 16.2. The van der Waals surface area contributed by atoms with Gasteiger partial charge in [0.15, 0.2) is 0 Å². The lowest BCUT2D eigenvalue weighted by molar-refractivity contribution is 0.0927. The highest BCUT2D eigenvalue weighted by molar-refractivity contribution is 5.90. The van der Waals surface area contributed by atoms with E-state index in [0.717, 1.165) is 25.6 Å². The summed E-state index contributed by atoms with van der Waals surface area (Å²) in [5, 5.41) is 9.21. The maximum atomic E-state index is 11.7. The molecule has 3 rings (SSSR count). The Labute approximate surface area is 93.4 Å². The maximum absolute atomic E-state index is 11.7. The Morgan fingerprint density at radius 3 is 3.06 bits per heavy atom. The third-order valence-electron chi connectivity index (χ3n) is 3.25. The van der Waals surface area contributed by atoms with Crippen LogP contribution in [0.3, 0.4) is 0 Å². The monoisotopic (exact) mass is 221 g/mol. The van der Waals surface area contributed by atoms with Gasteiger partial charge in [-0.3, -0.25) is 14.8 Å². The Kier molecular flexibility index (Phi) is 2.36. The molecule has 0 aromatic carbocycles. The van der Waals surface area contributed by atoms with E-state index in [4.69, 9.17) is 0 Å². The Balaban J connectivity index is 1.53. The van der Waals surface area contributed by atoms with E-state index in [2.05, 4.69) is 25.4 Å². The van der Waals surface area contributed by atoms with Crippen molar-refractivity contribution in [2.75, 3.05) is 13.1 Å². The van der Waals surface area contributed by atoms with Crippen LogP contribution in [0.2, 0.25) is 0 Å². The standard InChI is InChI=1S/C10H15N5O/c16-10(9-11-6-12-14-9)13-7-3-4-15(5-7)8-1-2-8/h6-8H,1-5H2,(H,13,16)(H,11,12,14). The molecule has 0 bridgehead atoms. The molecule has 1 aliphatic heterocycles. The molecule has 1 aliphatic carbocycles. The molecule has 2 heterocycles. The van der Waals surface area contributed by atoms with Crippen LogP contribution < -0.4 is 5.32 Å². The smallest absolute Gasteiger partial charge is 0.288 e. The number of nitrogens with zero attached hydrogens (tertiary/aromatic N) is 3. The van der Waals surface area contributed by atoms with Crippen LogP contribution in [0.25, 0.3) is 0 Å². The first-order valence-electron chi connectivity index (χ1n) is 5.73. The van der Waals surface area contributed by atoms with Crippen molar-refractivity contribution in [1.29, 1.82) is 0 Å². The number of hydrogen-bond acceptors (Lipinski definition) is 4. The van der Waals surface area contributed by atoms with Gasteiger partial charge in [-0.15, -0.1) is 0 Å². The molecule has 1 unspecified atom stereocenters. The van der Waals surface area contributed by atoms with E-state index in [-0.39, 0.29) is 11.9 Å². The number of rotatable bonds is 3. The second kappa shape index (κ2) is 3.86. The fourth-order valence-corrected chi connectivity index (χ4v) is 2.25. The molecule has 2 aliphatic rings. The summed E-state index contributed by atoms with van der Waals surface area (Å²) in [6.45, 7) is 2.08. The summed E-state index contributed by atoms with van der Waals surface area (Å²) in [5.41, 5.74) is 0. The highest BCUT2D eigenvalue weighted by Gasteiger charge is 2.34. The number of hydrogen-bond donors (Lipinski definition) is 2. The summed E-state index contributed by atoms with van der Waals surface area (Å²) in [5.74, 6) is 0.144. The van der Waals surface area contributed by atoms with Crippen LogP contribution in [-0.4, -0.2) is 51.2 Å². The average Bonchev–Trinajstić information content (AvgIpc) is 2.82. The minimum Gasteiger partial charge on any atom is -0.345 e. The average molecular weight is 221 g/mol. The number of carbonyl (C=O) groups is 1. The second-order valence-corrected chi connectivity index (χ2v) is 4.52. The van der Waals surface area contributed by atoms with Crippen molar-refractivity contribution in [3.8, 4) is 0 Å². The first-order chi connectivity index (χ1) is 7.83. The number of aromatic amines is 1. The summed E-state index contributed by atoms with van der Waals surface area (Å²) in [6.07, 6.45) is 5.03. The maximum Gasteiger partial charge on any atom is 0.288 e. The molecule has 1 aromatic rings. The molecular weight excluding hydrogens is 206 g/mol. The van der Waals surface area contributed by atoms with E-state index in [1.807, 2.05) is 0 Å². The summed E-state index contributed by atoms with van der Waals surface area (Å²) >= 11 is 0. The van der Waals surface area contributed by atoms with E-state index < -0.39 is 0 Å². The lowest BCUT2D eigenvalue weighted by Crippen LogP contribution is -2.38. The zero-order valence-corrected chi connectivity index (χ0v) is 9.02. The largest absolute Gasteiger partial charge is 0.345 e. The first-order valence-corrected chi connectivity index (χ1v) is 5.73. The van der Waals surface area contributed by atoms with Crippen molar-refractivity contribution >= 4 is 5.91 Å². The molecule has 16 heavy (non-hydrogen) atoms. The molecule has 2 N–H and O–H groups in total. The molecule has 6 nitrogen and oxygen atoms in total. The molecule has 1 saturated carbocycles. The van der Waals surface area contributed by atoms with Gasteiger partial charge in [0.1, 0.15) is 6.33 Å². The van der Waals surface area contributed by atoms with E-state index in [9.17, 15) is 4.79 Å². The minimum absolute atomic E-state index is 0.153. The SMILES string of the molecule is O=C(NC1CCN(C2CC2)C1)c1ncn[nH]1. The third kappa shape index (κ3) is 1.92. The van der Waals surface area contributed by atoms with Crippen molar-refractivity contribution in [1.82, 2.24) is 25.4 Å². The summed E-state index contributed by atoms with van der Waals surface area (Å²) < 4.78 is 0. The van der Waals surface area contributed by atoms with Gasteiger partial charge in [0, 0.05) is 25.2 Å². The molecular formula is C10H15N5O. The van der Waals surface area contributed by atoms with Gasteiger partial charge >= 0.3 is 0 Å². The number of carbonyl (C=O) groups excluding carboxylic acids is 1. The van der Waals surface area contributed by atoms with Crippen LogP contribution in [0, 0.1) is 0 Å². The molecule has 1 aromatic heterocycles. The Morgan fingerprint density at radius 2 is 2.38 bits per heavy atom. The van der Waals surface area contributed by atoms with Crippen molar-refractivity contribution in [3.05, 3.63) is 12.2 Å². The van der Waals surface area contributed by atoms with E-state index >= 15 is 0 Å². The predicted molar refractivity (Wildman–Crippen MR) is 56.8 cm³/mol. The van der Waals surface area contributed by atoms with Crippen LogP contribution in [0.15, 0.2) is 6.33 Å². The van der Waals surface area contributed by atoms with E-state index in [0.29, 0.717) is 5.82 Å². The Bertz CT molecular complexity index is 373. The van der Waals surface area contributed by atoms with Gasteiger partial charge in [-0.2, -0.15) is 5.10 Å². The van der Waals surface area contributed by atoms with Gasteiger partial charge in [-0.05, 0) is 19.3 Å². The van der Waals surface area contributed by atoms with Crippen molar-refractivity contribution < 1.29 is 4.79 Å². The van der Waals surface area contributed by atoms with Gasteiger partial charge in [-0.1, -0.05) is 0 Å². The molecule has 0 spiro atoms. The van der Waals surface area contributed by atoms with Crippen molar-refractivity contribution in [3.63, 3.8) is 0 Å². The van der Waals surface area contributed by atoms with Crippen molar-refractivity contribution in [2.45, 2.75) is 31.3 Å². The topological polar surface area (TPSA) is 73.9 Å². The molecule has 1 amide bonds. The quantitative estimate of drug-likeness (QED) is 0.739.